The Bertz CT molecular complexity index is 377. The number of hydrogen-bond donors (Lipinski definition) is 0. The Morgan fingerprint density at radius 3 is 1.41 bits per heavy atom. The maximum atomic E-state index is 11.9. The minimum absolute atomic E-state index is 0. The Morgan fingerprint density at radius 2 is 1.06 bits per heavy atom. The molecule has 0 saturated carbocycles. The van der Waals surface area contributed by atoms with Crippen LogP contribution >= 0.6 is 8.15 Å². The van der Waals surface area contributed by atoms with Gasteiger partial charge in [0.1, 0.15) is 0 Å². The predicted octanol–water partition coefficient (Wildman–Crippen LogP) is 0.148. The molecule has 0 atom stereocenters. The van der Waals surface area contributed by atoms with Crippen molar-refractivity contribution >= 4 is 8.15 Å². The normalized spacial score (nSPS) is 10.0. The first-order valence-electron chi connectivity index (χ1n) is 5.34. The Labute approximate surface area is 126 Å². The van der Waals surface area contributed by atoms with Crippen molar-refractivity contribution in [2.45, 2.75) is 12.3 Å². The molecule has 0 spiro atoms. The van der Waals surface area contributed by atoms with E-state index in [0.717, 1.165) is 11.1 Å². The van der Waals surface area contributed by atoms with Crippen LogP contribution < -0.4 is 34.5 Å². The Morgan fingerprint density at radius 1 is 0.706 bits per heavy atom. The minimum atomic E-state index is -1.18. The van der Waals surface area contributed by atoms with Crippen LogP contribution in [0, 0.1) is 0 Å². The van der Waals surface area contributed by atoms with Gasteiger partial charge in [0, 0.05) is 0 Å². The van der Waals surface area contributed by atoms with Crippen LogP contribution in [0.25, 0.3) is 0 Å². The second-order valence-electron chi connectivity index (χ2n) is 3.77. The molecule has 17 heavy (non-hydrogen) atoms. The zero-order valence-electron chi connectivity index (χ0n) is 10.0. The van der Waals surface area contributed by atoms with Gasteiger partial charge in [0.15, 0.2) is 0 Å². The molecule has 0 aliphatic rings. The zero-order valence-corrected chi connectivity index (χ0v) is 12.9. The summed E-state index contributed by atoms with van der Waals surface area (Å²) >= 11 is 0. The van der Waals surface area contributed by atoms with E-state index in [1.165, 1.54) is 0 Å². The maximum Gasteiger partial charge on any atom is 1.00 e. The van der Waals surface area contributed by atoms with Gasteiger partial charge in [-0.2, -0.15) is 8.15 Å². The van der Waals surface area contributed by atoms with Gasteiger partial charge in [-0.1, -0.05) is 60.7 Å². The van der Waals surface area contributed by atoms with Crippen LogP contribution in [0.15, 0.2) is 60.7 Å². The summed E-state index contributed by atoms with van der Waals surface area (Å²) in [7, 11) is -1.18. The third kappa shape index (κ3) is 5.33. The van der Waals surface area contributed by atoms with E-state index in [1.807, 2.05) is 60.7 Å². The van der Waals surface area contributed by atoms with Crippen molar-refractivity contribution in [3.63, 3.8) is 0 Å². The second kappa shape index (κ2) is 8.02. The van der Waals surface area contributed by atoms with Gasteiger partial charge in [-0.3, -0.25) is 0 Å². The minimum Gasteiger partial charge on any atom is -0.829 e. The topological polar surface area (TPSA) is 23.1 Å². The van der Waals surface area contributed by atoms with E-state index in [0.29, 0.717) is 12.3 Å². The number of benzene rings is 2. The van der Waals surface area contributed by atoms with Gasteiger partial charge in [-0.25, -0.2) is 0 Å². The third-order valence-corrected chi connectivity index (χ3v) is 3.84. The largest absolute Gasteiger partial charge is 1.00 e. The molecule has 0 aliphatic heterocycles. The monoisotopic (exact) mass is 252 g/mol. The Balaban J connectivity index is 0.00000144. The van der Waals surface area contributed by atoms with E-state index in [-0.39, 0.29) is 29.6 Å². The van der Waals surface area contributed by atoms with E-state index in [2.05, 4.69) is 0 Å². The van der Waals surface area contributed by atoms with Gasteiger partial charge in [-0.05, 0) is 23.5 Å². The van der Waals surface area contributed by atoms with E-state index >= 15 is 0 Å². The molecular formula is C14H14NaOP. The average Bonchev–Trinajstić information content (AvgIpc) is 2.31. The molecule has 1 nitrogen and oxygen atoms in total. The van der Waals surface area contributed by atoms with Crippen molar-refractivity contribution in [1.82, 2.24) is 0 Å². The molecule has 0 heterocycles. The second-order valence-corrected chi connectivity index (χ2v) is 5.37. The van der Waals surface area contributed by atoms with Gasteiger partial charge >= 0.3 is 29.6 Å². The summed E-state index contributed by atoms with van der Waals surface area (Å²) in [6.45, 7) is 0. The fourth-order valence-electron chi connectivity index (χ4n) is 1.63. The molecule has 0 amide bonds. The number of rotatable bonds is 4. The molecule has 0 unspecified atom stereocenters. The molecule has 0 fully saturated rings. The first kappa shape index (κ1) is 14.9. The standard InChI is InChI=1S/C14H14OP.Na/c15-16(11-13-7-3-1-4-8-13)12-14-9-5-2-6-10-14;/h1-10H,11-12H2;/q-1;+1. The van der Waals surface area contributed by atoms with Gasteiger partial charge < -0.3 is 4.89 Å². The van der Waals surface area contributed by atoms with E-state index in [4.69, 9.17) is 0 Å². The van der Waals surface area contributed by atoms with Gasteiger partial charge in [0.25, 0.3) is 0 Å². The molecule has 3 heteroatoms. The maximum absolute atomic E-state index is 11.9. The summed E-state index contributed by atoms with van der Waals surface area (Å²) < 4.78 is 0. The predicted molar refractivity (Wildman–Crippen MR) is 67.2 cm³/mol. The molecule has 0 radical (unpaired) electrons. The first-order chi connectivity index (χ1) is 7.84. The van der Waals surface area contributed by atoms with Gasteiger partial charge in [0.2, 0.25) is 0 Å². The molecule has 0 N–H and O–H groups in total. The van der Waals surface area contributed by atoms with E-state index < -0.39 is 8.15 Å². The van der Waals surface area contributed by atoms with Crippen molar-refractivity contribution in [3.05, 3.63) is 71.8 Å². The van der Waals surface area contributed by atoms with Crippen molar-refractivity contribution in [1.29, 1.82) is 0 Å². The van der Waals surface area contributed by atoms with Crippen LogP contribution in [0.2, 0.25) is 0 Å². The Kier molecular flexibility index (Phi) is 7.03. The molecule has 0 saturated heterocycles. The molecule has 0 bridgehead atoms. The summed E-state index contributed by atoms with van der Waals surface area (Å²) in [5, 5.41) is 0. The molecule has 2 rings (SSSR count). The Hall–Kier alpha value is -0.170. The van der Waals surface area contributed by atoms with Crippen LogP contribution in [0.1, 0.15) is 11.1 Å². The molecule has 0 aliphatic carbocycles. The zero-order chi connectivity index (χ0) is 11.2. The molecule has 2 aromatic rings. The summed E-state index contributed by atoms with van der Waals surface area (Å²) in [6.07, 6.45) is 1.34. The fourth-order valence-corrected chi connectivity index (χ4v) is 2.98. The molecular weight excluding hydrogens is 238 g/mol. The van der Waals surface area contributed by atoms with Crippen LogP contribution in [0.3, 0.4) is 0 Å². The third-order valence-electron chi connectivity index (χ3n) is 2.40. The quantitative estimate of drug-likeness (QED) is 0.561. The van der Waals surface area contributed by atoms with Gasteiger partial charge in [0.05, 0.1) is 0 Å². The van der Waals surface area contributed by atoms with Gasteiger partial charge in [-0.15, -0.1) is 0 Å². The summed E-state index contributed by atoms with van der Waals surface area (Å²) in [5.41, 5.74) is 2.30. The van der Waals surface area contributed by atoms with Crippen LogP contribution in [-0.2, 0) is 12.3 Å². The summed E-state index contributed by atoms with van der Waals surface area (Å²) in [4.78, 5) is 11.9. The van der Waals surface area contributed by atoms with Crippen LogP contribution in [0.5, 0.6) is 0 Å². The van der Waals surface area contributed by atoms with Crippen molar-refractivity contribution in [3.8, 4) is 0 Å². The van der Waals surface area contributed by atoms with Crippen molar-refractivity contribution in [2.75, 3.05) is 0 Å². The molecule has 0 aromatic heterocycles. The first-order valence-corrected chi connectivity index (χ1v) is 6.97. The summed E-state index contributed by atoms with van der Waals surface area (Å²) in [6, 6.07) is 20.0. The summed E-state index contributed by atoms with van der Waals surface area (Å²) in [5.74, 6) is 0. The smallest absolute Gasteiger partial charge is 0.829 e. The van der Waals surface area contributed by atoms with E-state index in [9.17, 15) is 4.89 Å². The van der Waals surface area contributed by atoms with Crippen molar-refractivity contribution < 1.29 is 34.5 Å². The van der Waals surface area contributed by atoms with Crippen LogP contribution in [0.4, 0.5) is 0 Å². The number of hydrogen-bond acceptors (Lipinski definition) is 1. The van der Waals surface area contributed by atoms with E-state index in [1.54, 1.807) is 0 Å². The molecule has 2 aromatic carbocycles. The fraction of sp³-hybridized carbons (Fsp3) is 0.143. The van der Waals surface area contributed by atoms with Crippen molar-refractivity contribution in [2.24, 2.45) is 0 Å². The SMILES string of the molecule is [Na+].[O-]P(Cc1ccccc1)Cc1ccccc1. The molecule has 82 valence electrons. The average molecular weight is 252 g/mol. The van der Waals surface area contributed by atoms with Crippen LogP contribution in [-0.4, -0.2) is 0 Å².